The molecule has 0 bridgehead atoms. The zero-order valence-electron chi connectivity index (χ0n) is 18.3. The Morgan fingerprint density at radius 1 is 1.09 bits per heavy atom. The number of aryl methyl sites for hydroxylation is 1. The predicted octanol–water partition coefficient (Wildman–Crippen LogP) is 4.50. The second-order valence-electron chi connectivity index (χ2n) is 7.45. The fraction of sp³-hybridized carbons (Fsp3) is 0.333. The number of hydrogen-bond acceptors (Lipinski definition) is 5. The number of carbonyl (C=O) groups excluding carboxylic acids is 2. The third-order valence-corrected chi connectivity index (χ3v) is 6.07. The molecule has 32 heavy (non-hydrogen) atoms. The maximum atomic E-state index is 13.4. The highest BCUT2D eigenvalue weighted by molar-refractivity contribution is 7.10. The van der Waals surface area contributed by atoms with Gasteiger partial charge in [0.2, 0.25) is 5.91 Å². The molecule has 3 rings (SSSR count). The van der Waals surface area contributed by atoms with E-state index in [4.69, 9.17) is 9.15 Å². The van der Waals surface area contributed by atoms with Crippen molar-refractivity contribution in [2.45, 2.75) is 26.4 Å². The predicted molar refractivity (Wildman–Crippen MR) is 121 cm³/mol. The summed E-state index contributed by atoms with van der Waals surface area (Å²) in [5, 5.41) is 1.99. The third-order valence-electron chi connectivity index (χ3n) is 5.06. The first-order valence-corrected chi connectivity index (χ1v) is 11.2. The van der Waals surface area contributed by atoms with E-state index < -0.39 is 0 Å². The van der Waals surface area contributed by atoms with Crippen LogP contribution in [0.3, 0.4) is 0 Å². The van der Waals surface area contributed by atoms with Crippen LogP contribution >= 0.6 is 11.3 Å². The van der Waals surface area contributed by atoms with Gasteiger partial charge in [-0.3, -0.25) is 9.59 Å². The molecule has 0 radical (unpaired) electrons. The highest BCUT2D eigenvalue weighted by Crippen LogP contribution is 2.20. The average Bonchev–Trinajstić information content (AvgIpc) is 3.46. The fourth-order valence-corrected chi connectivity index (χ4v) is 4.17. The smallest absolute Gasteiger partial charge is 0.290 e. The Balaban J connectivity index is 1.78. The Morgan fingerprint density at radius 2 is 1.88 bits per heavy atom. The first-order chi connectivity index (χ1) is 15.5. The van der Waals surface area contributed by atoms with Crippen molar-refractivity contribution < 1.29 is 23.1 Å². The van der Waals surface area contributed by atoms with Gasteiger partial charge in [-0.05, 0) is 60.2 Å². The molecule has 0 aliphatic carbocycles. The van der Waals surface area contributed by atoms with E-state index in [0.29, 0.717) is 32.7 Å². The second-order valence-corrected chi connectivity index (χ2v) is 8.45. The van der Waals surface area contributed by atoms with Crippen LogP contribution < -0.4 is 0 Å². The molecule has 170 valence electrons. The minimum atomic E-state index is -0.339. The molecular weight excluding hydrogens is 431 g/mol. The maximum Gasteiger partial charge on any atom is 0.290 e. The molecule has 0 atom stereocenters. The van der Waals surface area contributed by atoms with E-state index in [2.05, 4.69) is 0 Å². The molecule has 0 aliphatic rings. The van der Waals surface area contributed by atoms with Crippen molar-refractivity contribution in [3.8, 4) is 0 Å². The molecule has 2 heterocycles. The fourth-order valence-electron chi connectivity index (χ4n) is 3.25. The van der Waals surface area contributed by atoms with Crippen LogP contribution in [0.5, 0.6) is 0 Å². The number of amides is 2. The van der Waals surface area contributed by atoms with Gasteiger partial charge >= 0.3 is 0 Å². The van der Waals surface area contributed by atoms with E-state index in [-0.39, 0.29) is 29.9 Å². The average molecular weight is 459 g/mol. The second kappa shape index (κ2) is 11.6. The monoisotopic (exact) mass is 458 g/mol. The summed E-state index contributed by atoms with van der Waals surface area (Å²) in [5.41, 5.74) is 1.92. The van der Waals surface area contributed by atoms with Gasteiger partial charge in [0.05, 0.1) is 12.8 Å². The number of thiophene rings is 1. The van der Waals surface area contributed by atoms with Gasteiger partial charge in [-0.1, -0.05) is 12.1 Å². The van der Waals surface area contributed by atoms with Crippen molar-refractivity contribution in [2.24, 2.45) is 0 Å². The van der Waals surface area contributed by atoms with E-state index in [1.165, 1.54) is 23.3 Å². The number of benzene rings is 1. The van der Waals surface area contributed by atoms with Crippen molar-refractivity contribution in [3.63, 3.8) is 0 Å². The first kappa shape index (κ1) is 23.7. The highest BCUT2D eigenvalue weighted by atomic mass is 32.1. The van der Waals surface area contributed by atoms with Gasteiger partial charge in [-0.15, -0.1) is 11.3 Å². The van der Waals surface area contributed by atoms with Crippen molar-refractivity contribution in [1.29, 1.82) is 0 Å². The van der Waals surface area contributed by atoms with Crippen molar-refractivity contribution in [2.75, 3.05) is 26.8 Å². The summed E-state index contributed by atoms with van der Waals surface area (Å²) in [4.78, 5) is 30.5. The Morgan fingerprint density at radius 3 is 2.50 bits per heavy atom. The molecule has 3 aromatic rings. The molecule has 0 saturated carbocycles. The van der Waals surface area contributed by atoms with Crippen LogP contribution in [-0.4, -0.2) is 48.4 Å². The highest BCUT2D eigenvalue weighted by Gasteiger charge is 2.24. The molecule has 8 heteroatoms. The number of ether oxygens (including phenoxy) is 1. The van der Waals surface area contributed by atoms with Crippen LogP contribution in [-0.2, 0) is 22.6 Å². The summed E-state index contributed by atoms with van der Waals surface area (Å²) >= 11 is 1.58. The lowest BCUT2D eigenvalue weighted by molar-refractivity contribution is -0.133. The largest absolute Gasteiger partial charge is 0.459 e. The number of furan rings is 1. The lowest BCUT2D eigenvalue weighted by Gasteiger charge is -2.27. The molecule has 6 nitrogen and oxygen atoms in total. The maximum absolute atomic E-state index is 13.4. The molecule has 1 aromatic carbocycles. The van der Waals surface area contributed by atoms with E-state index in [1.54, 1.807) is 47.6 Å². The summed E-state index contributed by atoms with van der Waals surface area (Å²) < 4.78 is 23.7. The number of hydrogen-bond donors (Lipinski definition) is 0. The van der Waals surface area contributed by atoms with Gasteiger partial charge in [0.25, 0.3) is 5.91 Å². The molecule has 0 aliphatic heterocycles. The number of nitrogens with zero attached hydrogens (tertiary/aromatic N) is 2. The lowest BCUT2D eigenvalue weighted by Crippen LogP contribution is -2.43. The van der Waals surface area contributed by atoms with Crippen LogP contribution in [0.25, 0.3) is 0 Å². The molecule has 0 saturated heterocycles. The van der Waals surface area contributed by atoms with E-state index >= 15 is 0 Å². The number of carbonyl (C=O) groups is 2. The van der Waals surface area contributed by atoms with E-state index in [9.17, 15) is 14.0 Å². The number of halogens is 1. The van der Waals surface area contributed by atoms with Crippen molar-refractivity contribution >= 4 is 23.2 Å². The SMILES string of the molecule is COCCCN(CC(=O)N(Cc1ccc(F)cc1)Cc1sccc1C)C(=O)c1ccco1. The molecule has 0 unspecified atom stereocenters. The van der Waals surface area contributed by atoms with Gasteiger partial charge in [0.1, 0.15) is 12.4 Å². The molecule has 2 aromatic heterocycles. The van der Waals surface area contributed by atoms with Gasteiger partial charge in [0.15, 0.2) is 5.76 Å². The summed E-state index contributed by atoms with van der Waals surface area (Å²) in [6, 6.07) is 11.3. The van der Waals surface area contributed by atoms with Crippen LogP contribution in [0.2, 0.25) is 0 Å². The van der Waals surface area contributed by atoms with Crippen molar-refractivity contribution in [1.82, 2.24) is 9.80 Å². The third kappa shape index (κ3) is 6.51. The summed E-state index contributed by atoms with van der Waals surface area (Å²) in [7, 11) is 1.59. The van der Waals surface area contributed by atoms with Crippen molar-refractivity contribution in [3.05, 3.63) is 81.7 Å². The normalized spacial score (nSPS) is 10.8. The van der Waals surface area contributed by atoms with Gasteiger partial charge in [0, 0.05) is 31.7 Å². The Hall–Kier alpha value is -2.97. The van der Waals surface area contributed by atoms with Crippen LogP contribution in [0.4, 0.5) is 4.39 Å². The molecule has 2 amide bonds. The molecule has 0 N–H and O–H groups in total. The number of rotatable bonds is 11. The standard InChI is InChI=1S/C24H27FN2O4S/c1-18-10-14-32-22(18)16-27(15-19-6-8-20(25)9-7-19)23(28)17-26(11-4-12-30-2)24(29)21-5-3-13-31-21/h3,5-10,13-14H,4,11-12,15-17H2,1-2H3. The van der Waals surface area contributed by atoms with Crippen LogP contribution in [0, 0.1) is 12.7 Å². The number of methoxy groups -OCH3 is 1. The zero-order valence-corrected chi connectivity index (χ0v) is 19.1. The van der Waals surface area contributed by atoms with Crippen LogP contribution in [0.1, 0.15) is 33.0 Å². The minimum absolute atomic E-state index is 0.0884. The Kier molecular flexibility index (Phi) is 8.58. The molecular formula is C24H27FN2O4S. The van der Waals surface area contributed by atoms with Crippen LogP contribution in [0.15, 0.2) is 58.5 Å². The topological polar surface area (TPSA) is 63.0 Å². The van der Waals surface area contributed by atoms with Gasteiger partial charge in [-0.25, -0.2) is 4.39 Å². The molecule has 0 spiro atoms. The van der Waals surface area contributed by atoms with Gasteiger partial charge < -0.3 is 19.0 Å². The van der Waals surface area contributed by atoms with Gasteiger partial charge in [-0.2, -0.15) is 0 Å². The lowest BCUT2D eigenvalue weighted by atomic mass is 10.2. The Labute approximate surface area is 191 Å². The minimum Gasteiger partial charge on any atom is -0.459 e. The summed E-state index contributed by atoms with van der Waals surface area (Å²) in [5.74, 6) is -0.670. The van der Waals surface area contributed by atoms with E-state index in [1.807, 2.05) is 18.4 Å². The summed E-state index contributed by atoms with van der Waals surface area (Å²) in [6.07, 6.45) is 2.03. The quantitative estimate of drug-likeness (QED) is 0.397. The van der Waals surface area contributed by atoms with E-state index in [0.717, 1.165) is 16.0 Å². The Bertz CT molecular complexity index is 1000. The zero-order chi connectivity index (χ0) is 22.9. The summed E-state index contributed by atoms with van der Waals surface area (Å²) in [6.45, 7) is 3.49. The first-order valence-electron chi connectivity index (χ1n) is 10.3. The molecule has 0 fully saturated rings.